The quantitative estimate of drug-likeness (QED) is 0.249. The van der Waals surface area contributed by atoms with Gasteiger partial charge in [-0.15, -0.1) is 26.3 Å². The van der Waals surface area contributed by atoms with Crippen LogP contribution in [0.25, 0.3) is 0 Å². The first-order chi connectivity index (χ1) is 15.0. The fourth-order valence-corrected chi connectivity index (χ4v) is 27.3. The summed E-state index contributed by atoms with van der Waals surface area (Å²) in [6.45, 7) is 34.5. The minimum atomic E-state index is -2.95. The molecule has 4 atom stereocenters. The van der Waals surface area contributed by atoms with Gasteiger partial charge in [0.15, 0.2) is 0 Å². The van der Waals surface area contributed by atoms with Gasteiger partial charge in [0, 0.05) is 22.2 Å². The van der Waals surface area contributed by atoms with E-state index in [0.717, 1.165) is 25.7 Å². The predicted molar refractivity (Wildman–Crippen MR) is 147 cm³/mol. The SMILES string of the molecule is C=C[Si]1(C(C)CC)O[Si](C=C)(C(C)CC)O[Si](C=C)(C(C)CC)O[Si](C=C)(C(C)CC)O1. The molecule has 0 saturated carbocycles. The highest BCUT2D eigenvalue weighted by Crippen LogP contribution is 2.48. The molecule has 32 heavy (non-hydrogen) atoms. The summed E-state index contributed by atoms with van der Waals surface area (Å²) >= 11 is 0. The van der Waals surface area contributed by atoms with Gasteiger partial charge < -0.3 is 16.5 Å². The van der Waals surface area contributed by atoms with Crippen LogP contribution in [0.5, 0.6) is 0 Å². The summed E-state index contributed by atoms with van der Waals surface area (Å²) in [5.74, 6) is 0. The second-order valence-electron chi connectivity index (χ2n) is 9.35. The first-order valence-corrected chi connectivity index (χ1v) is 20.2. The molecule has 8 heteroatoms. The monoisotopic (exact) mass is 512 g/mol. The standard InChI is InChI=1S/C24H48O4Si4/c1-13-21(9)29(17-5)25-30(18-6,22(10)14-2)27-32(20-8,24(12)16-4)28-31(19-7,26-29)23(11)15-3/h17-24H,5-8,13-16H2,1-4,9-12H3. The van der Waals surface area contributed by atoms with Crippen molar-refractivity contribution in [3.05, 3.63) is 49.1 Å². The van der Waals surface area contributed by atoms with E-state index in [2.05, 4.69) is 81.7 Å². The van der Waals surface area contributed by atoms with Gasteiger partial charge in [0.2, 0.25) is 0 Å². The molecule has 4 nitrogen and oxygen atoms in total. The fraction of sp³-hybridized carbons (Fsp3) is 0.667. The molecule has 1 rings (SSSR count). The van der Waals surface area contributed by atoms with Crippen LogP contribution in [0.1, 0.15) is 81.1 Å². The van der Waals surface area contributed by atoms with Crippen molar-refractivity contribution < 1.29 is 16.5 Å². The van der Waals surface area contributed by atoms with Crippen LogP contribution in [0.15, 0.2) is 49.1 Å². The maximum atomic E-state index is 7.27. The van der Waals surface area contributed by atoms with Crippen LogP contribution in [0.2, 0.25) is 22.2 Å². The largest absolute Gasteiger partial charge is 0.409 e. The van der Waals surface area contributed by atoms with Gasteiger partial charge in [0.05, 0.1) is 0 Å². The minimum absolute atomic E-state index is 0.195. The Balaban J connectivity index is 4.00. The lowest BCUT2D eigenvalue weighted by molar-refractivity contribution is 0.211. The zero-order chi connectivity index (χ0) is 24.8. The van der Waals surface area contributed by atoms with Gasteiger partial charge in [-0.2, -0.15) is 0 Å². The van der Waals surface area contributed by atoms with Crippen molar-refractivity contribution in [3.8, 4) is 0 Å². The number of hydrogen-bond donors (Lipinski definition) is 0. The second-order valence-corrected chi connectivity index (χ2v) is 24.0. The van der Waals surface area contributed by atoms with Crippen LogP contribution < -0.4 is 0 Å². The van der Waals surface area contributed by atoms with Gasteiger partial charge in [-0.05, 0) is 0 Å². The Bertz CT molecular complexity index is 548. The molecule has 0 radical (unpaired) electrons. The Morgan fingerprint density at radius 3 is 0.719 bits per heavy atom. The predicted octanol–water partition coefficient (Wildman–Crippen LogP) is 7.94. The van der Waals surface area contributed by atoms with Gasteiger partial charge in [0.25, 0.3) is 0 Å². The maximum absolute atomic E-state index is 7.27. The van der Waals surface area contributed by atoms with Crippen molar-refractivity contribution in [1.82, 2.24) is 0 Å². The van der Waals surface area contributed by atoms with E-state index in [1.807, 2.05) is 22.8 Å². The number of rotatable bonds is 12. The first-order valence-electron chi connectivity index (χ1n) is 12.3. The van der Waals surface area contributed by atoms with E-state index in [4.69, 9.17) is 16.5 Å². The molecule has 0 spiro atoms. The summed E-state index contributed by atoms with van der Waals surface area (Å²) < 4.78 is 29.1. The molecule has 0 aromatic heterocycles. The molecular weight excluding hydrogens is 465 g/mol. The Kier molecular flexibility index (Phi) is 11.0. The van der Waals surface area contributed by atoms with E-state index in [1.165, 1.54) is 0 Å². The van der Waals surface area contributed by atoms with Crippen molar-refractivity contribution >= 4 is 34.2 Å². The van der Waals surface area contributed by atoms with Crippen molar-refractivity contribution in [2.45, 2.75) is 103 Å². The van der Waals surface area contributed by atoms with Gasteiger partial charge in [-0.25, -0.2) is 0 Å². The molecule has 1 aliphatic heterocycles. The molecule has 1 fully saturated rings. The van der Waals surface area contributed by atoms with Crippen molar-refractivity contribution in [2.75, 3.05) is 0 Å². The lowest BCUT2D eigenvalue weighted by atomic mass is 10.4. The molecule has 0 amide bonds. The molecule has 0 N–H and O–H groups in total. The maximum Gasteiger partial charge on any atom is 0.350 e. The Morgan fingerprint density at radius 2 is 0.625 bits per heavy atom. The summed E-state index contributed by atoms with van der Waals surface area (Å²) in [6, 6.07) is 0. The zero-order valence-electron chi connectivity index (χ0n) is 21.9. The molecule has 0 bridgehead atoms. The summed E-state index contributed by atoms with van der Waals surface area (Å²) in [5, 5.41) is 0. The molecule has 1 aliphatic rings. The van der Waals surface area contributed by atoms with Gasteiger partial charge in [0.1, 0.15) is 0 Å². The molecule has 0 aliphatic carbocycles. The molecule has 184 valence electrons. The van der Waals surface area contributed by atoms with E-state index in [0.29, 0.717) is 0 Å². The molecule has 4 unspecified atom stereocenters. The van der Waals surface area contributed by atoms with Crippen LogP contribution in [0.3, 0.4) is 0 Å². The van der Waals surface area contributed by atoms with Crippen LogP contribution in [-0.4, -0.2) is 34.2 Å². The fourth-order valence-electron chi connectivity index (χ4n) is 4.16. The van der Waals surface area contributed by atoms with Gasteiger partial charge in [-0.1, -0.05) is 104 Å². The third kappa shape index (κ3) is 5.32. The Hall–Kier alpha value is -0.332. The van der Waals surface area contributed by atoms with E-state index in [-0.39, 0.29) is 22.2 Å². The zero-order valence-corrected chi connectivity index (χ0v) is 25.9. The topological polar surface area (TPSA) is 36.9 Å². The van der Waals surface area contributed by atoms with Gasteiger partial charge >= 0.3 is 34.2 Å². The average Bonchev–Trinajstić information content (AvgIpc) is 2.82. The molecule has 0 aromatic carbocycles. The van der Waals surface area contributed by atoms with Crippen molar-refractivity contribution in [1.29, 1.82) is 0 Å². The van der Waals surface area contributed by atoms with Crippen LogP contribution in [0, 0.1) is 0 Å². The summed E-state index contributed by atoms with van der Waals surface area (Å²) in [6.07, 6.45) is 3.71. The Labute approximate surface area is 202 Å². The lowest BCUT2D eigenvalue weighted by Gasteiger charge is -2.55. The van der Waals surface area contributed by atoms with E-state index >= 15 is 0 Å². The molecular formula is C24H48O4Si4. The molecule has 0 aromatic rings. The minimum Gasteiger partial charge on any atom is -0.409 e. The highest BCUT2D eigenvalue weighted by molar-refractivity contribution is 7.00. The highest BCUT2D eigenvalue weighted by Gasteiger charge is 2.64. The summed E-state index contributed by atoms with van der Waals surface area (Å²) in [4.78, 5) is 0. The first kappa shape index (κ1) is 29.7. The second kappa shape index (κ2) is 11.9. The molecule has 1 heterocycles. The van der Waals surface area contributed by atoms with E-state index in [9.17, 15) is 0 Å². The van der Waals surface area contributed by atoms with Gasteiger partial charge in [-0.3, -0.25) is 0 Å². The highest BCUT2D eigenvalue weighted by atomic mass is 28.5. The number of hydrogen-bond acceptors (Lipinski definition) is 4. The third-order valence-electron chi connectivity index (χ3n) is 7.61. The summed E-state index contributed by atoms with van der Waals surface area (Å²) in [5.41, 5.74) is 8.62. The van der Waals surface area contributed by atoms with Crippen LogP contribution in [-0.2, 0) is 16.5 Å². The lowest BCUT2D eigenvalue weighted by Crippen LogP contribution is -2.72. The van der Waals surface area contributed by atoms with E-state index in [1.54, 1.807) is 0 Å². The van der Waals surface area contributed by atoms with E-state index < -0.39 is 34.2 Å². The normalized spacial score (nSPS) is 37.2. The smallest absolute Gasteiger partial charge is 0.350 e. The summed E-state index contributed by atoms with van der Waals surface area (Å²) in [7, 11) is -11.8. The van der Waals surface area contributed by atoms with Crippen molar-refractivity contribution in [2.24, 2.45) is 0 Å². The van der Waals surface area contributed by atoms with Crippen molar-refractivity contribution in [3.63, 3.8) is 0 Å². The van der Waals surface area contributed by atoms with Crippen LogP contribution >= 0.6 is 0 Å². The van der Waals surface area contributed by atoms with Crippen LogP contribution in [0.4, 0.5) is 0 Å². The molecule has 1 saturated heterocycles. The average molecular weight is 513 g/mol. The Morgan fingerprint density at radius 1 is 0.469 bits per heavy atom. The third-order valence-corrected chi connectivity index (χ3v) is 27.2.